The first-order valence-corrected chi connectivity index (χ1v) is 9.01. The number of carbonyl (C=O) groups excluding carboxylic acids is 2. The highest BCUT2D eigenvalue weighted by Gasteiger charge is 2.09. The van der Waals surface area contributed by atoms with E-state index in [0.29, 0.717) is 26.0 Å². The quantitative estimate of drug-likeness (QED) is 0.592. The third-order valence-electron chi connectivity index (χ3n) is 4.08. The van der Waals surface area contributed by atoms with Crippen LogP contribution >= 0.6 is 0 Å². The van der Waals surface area contributed by atoms with E-state index in [9.17, 15) is 14.7 Å². The first-order valence-electron chi connectivity index (χ1n) is 9.01. The van der Waals surface area contributed by atoms with E-state index in [0.717, 1.165) is 16.9 Å². The molecule has 0 saturated carbocycles. The average molecular weight is 370 g/mol. The van der Waals surface area contributed by atoms with Gasteiger partial charge in [-0.15, -0.1) is 0 Å². The van der Waals surface area contributed by atoms with Crippen LogP contribution in [-0.4, -0.2) is 36.6 Å². The monoisotopic (exact) mass is 370 g/mol. The minimum atomic E-state index is -0.371. The predicted molar refractivity (Wildman–Crippen MR) is 104 cm³/mol. The number of aryl methyl sites for hydroxylation is 2. The third kappa shape index (κ3) is 6.33. The van der Waals surface area contributed by atoms with Gasteiger partial charge >= 0.3 is 0 Å². The molecule has 2 rings (SSSR count). The van der Waals surface area contributed by atoms with Gasteiger partial charge in [-0.3, -0.25) is 9.59 Å². The maximum atomic E-state index is 11.9. The molecular formula is C21H26N2O4. The van der Waals surface area contributed by atoms with Gasteiger partial charge in [-0.2, -0.15) is 0 Å². The van der Waals surface area contributed by atoms with Crippen molar-refractivity contribution in [2.75, 3.05) is 19.7 Å². The fraction of sp³-hybridized carbons (Fsp3) is 0.333. The number of para-hydroxylation sites is 2. The van der Waals surface area contributed by atoms with E-state index >= 15 is 0 Å². The summed E-state index contributed by atoms with van der Waals surface area (Å²) in [5, 5.41) is 15.0. The van der Waals surface area contributed by atoms with E-state index in [2.05, 4.69) is 10.6 Å². The zero-order valence-corrected chi connectivity index (χ0v) is 15.7. The van der Waals surface area contributed by atoms with Crippen LogP contribution in [0.1, 0.15) is 34.3 Å². The number of amides is 2. The smallest absolute Gasteiger partial charge is 0.255 e. The van der Waals surface area contributed by atoms with Crippen LogP contribution in [0.3, 0.4) is 0 Å². The Balaban J connectivity index is 1.60. The van der Waals surface area contributed by atoms with E-state index in [-0.39, 0.29) is 29.7 Å². The maximum Gasteiger partial charge on any atom is 0.255 e. The number of hydrogen-bond donors (Lipinski definition) is 3. The number of hydrogen-bond acceptors (Lipinski definition) is 4. The molecule has 0 aliphatic heterocycles. The second-order valence-electron chi connectivity index (χ2n) is 6.30. The van der Waals surface area contributed by atoms with Gasteiger partial charge < -0.3 is 20.5 Å². The summed E-state index contributed by atoms with van der Waals surface area (Å²) >= 11 is 0. The van der Waals surface area contributed by atoms with Crippen molar-refractivity contribution in [3.63, 3.8) is 0 Å². The molecule has 0 bridgehead atoms. The summed E-state index contributed by atoms with van der Waals surface area (Å²) < 4.78 is 5.77. The minimum absolute atomic E-state index is 0.0667. The molecule has 3 N–H and O–H groups in total. The van der Waals surface area contributed by atoms with Crippen LogP contribution in [-0.2, 0) is 4.79 Å². The van der Waals surface area contributed by atoms with Crippen LogP contribution in [0.2, 0.25) is 0 Å². The van der Waals surface area contributed by atoms with Gasteiger partial charge in [-0.1, -0.05) is 30.3 Å². The lowest BCUT2D eigenvalue weighted by Gasteiger charge is -2.12. The number of carbonyl (C=O) groups is 2. The van der Waals surface area contributed by atoms with Crippen molar-refractivity contribution in [1.82, 2.24) is 10.6 Å². The van der Waals surface area contributed by atoms with Gasteiger partial charge in [0.1, 0.15) is 11.5 Å². The Morgan fingerprint density at radius 1 is 0.963 bits per heavy atom. The minimum Gasteiger partial charge on any atom is -0.507 e. The SMILES string of the molecule is Cc1cccc(C)c1OCCCC(=O)NCCNC(=O)c1ccccc1O. The Morgan fingerprint density at radius 3 is 2.33 bits per heavy atom. The zero-order valence-electron chi connectivity index (χ0n) is 15.7. The standard InChI is InChI=1S/C21H26N2O4/c1-15-7-5-8-16(2)20(15)27-14-6-11-19(25)22-12-13-23-21(26)17-9-3-4-10-18(17)24/h3-5,7-10,24H,6,11-14H2,1-2H3,(H,22,25)(H,23,26). The van der Waals surface area contributed by atoms with Crippen LogP contribution in [0.15, 0.2) is 42.5 Å². The number of benzene rings is 2. The lowest BCUT2D eigenvalue weighted by atomic mass is 10.1. The highest BCUT2D eigenvalue weighted by atomic mass is 16.5. The molecule has 0 spiro atoms. The second kappa shape index (κ2) is 10.2. The highest BCUT2D eigenvalue weighted by molar-refractivity contribution is 5.96. The summed E-state index contributed by atoms with van der Waals surface area (Å²) in [6, 6.07) is 12.3. The van der Waals surface area contributed by atoms with Crippen molar-refractivity contribution in [1.29, 1.82) is 0 Å². The molecule has 0 aliphatic rings. The van der Waals surface area contributed by atoms with Crippen molar-refractivity contribution >= 4 is 11.8 Å². The Hall–Kier alpha value is -3.02. The van der Waals surface area contributed by atoms with E-state index in [1.165, 1.54) is 6.07 Å². The number of aromatic hydroxyl groups is 1. The van der Waals surface area contributed by atoms with Crippen LogP contribution in [0.4, 0.5) is 0 Å². The van der Waals surface area contributed by atoms with Gasteiger partial charge in [0.25, 0.3) is 5.91 Å². The van der Waals surface area contributed by atoms with Gasteiger partial charge in [0, 0.05) is 19.5 Å². The predicted octanol–water partition coefficient (Wildman–Crippen LogP) is 2.71. The summed E-state index contributed by atoms with van der Waals surface area (Å²) in [6.07, 6.45) is 0.974. The van der Waals surface area contributed by atoms with E-state index in [1.807, 2.05) is 32.0 Å². The summed E-state index contributed by atoms with van der Waals surface area (Å²) in [4.78, 5) is 23.7. The fourth-order valence-corrected chi connectivity index (χ4v) is 2.66. The molecule has 0 heterocycles. The molecule has 0 unspecified atom stereocenters. The summed E-state index contributed by atoms with van der Waals surface area (Å²) in [5.41, 5.74) is 2.38. The Labute approximate surface area is 159 Å². The molecule has 2 aromatic carbocycles. The number of ether oxygens (including phenoxy) is 1. The first kappa shape index (κ1) is 20.3. The summed E-state index contributed by atoms with van der Waals surface area (Å²) in [5.74, 6) is 0.356. The van der Waals surface area contributed by atoms with Gasteiger partial charge in [0.2, 0.25) is 5.91 Å². The molecule has 27 heavy (non-hydrogen) atoms. The molecule has 0 atom stereocenters. The Kier molecular flexibility index (Phi) is 7.67. The van der Waals surface area contributed by atoms with Crippen LogP contribution < -0.4 is 15.4 Å². The highest BCUT2D eigenvalue weighted by Crippen LogP contribution is 2.22. The molecule has 0 aromatic heterocycles. The Bertz CT molecular complexity index is 769. The summed E-state index contributed by atoms with van der Waals surface area (Å²) in [7, 11) is 0. The number of nitrogens with one attached hydrogen (secondary N) is 2. The van der Waals surface area contributed by atoms with Crippen molar-refractivity contribution < 1.29 is 19.4 Å². The van der Waals surface area contributed by atoms with Crippen LogP contribution in [0, 0.1) is 13.8 Å². The lowest BCUT2D eigenvalue weighted by Crippen LogP contribution is -2.34. The van der Waals surface area contributed by atoms with Crippen molar-refractivity contribution in [3.05, 3.63) is 59.2 Å². The molecule has 6 nitrogen and oxygen atoms in total. The number of rotatable bonds is 9. The maximum absolute atomic E-state index is 11.9. The van der Waals surface area contributed by atoms with Gasteiger partial charge in [-0.05, 0) is 43.5 Å². The molecule has 2 aromatic rings. The van der Waals surface area contributed by atoms with Gasteiger partial charge in [0.15, 0.2) is 0 Å². The molecule has 0 saturated heterocycles. The molecular weight excluding hydrogens is 344 g/mol. The normalized spacial score (nSPS) is 10.3. The number of phenolic OH excluding ortho intramolecular Hbond substituents is 1. The molecule has 0 fully saturated rings. The molecule has 0 radical (unpaired) electrons. The van der Waals surface area contributed by atoms with Crippen LogP contribution in [0.5, 0.6) is 11.5 Å². The third-order valence-corrected chi connectivity index (χ3v) is 4.08. The van der Waals surface area contributed by atoms with Crippen LogP contribution in [0.25, 0.3) is 0 Å². The molecule has 0 aliphatic carbocycles. The zero-order chi connectivity index (χ0) is 19.6. The van der Waals surface area contributed by atoms with Crippen molar-refractivity contribution in [2.24, 2.45) is 0 Å². The molecule has 6 heteroatoms. The first-order chi connectivity index (χ1) is 13.0. The van der Waals surface area contributed by atoms with Gasteiger partial charge in [-0.25, -0.2) is 0 Å². The van der Waals surface area contributed by atoms with Gasteiger partial charge in [0.05, 0.1) is 12.2 Å². The van der Waals surface area contributed by atoms with Crippen molar-refractivity contribution in [3.8, 4) is 11.5 Å². The van der Waals surface area contributed by atoms with E-state index in [4.69, 9.17) is 4.74 Å². The fourth-order valence-electron chi connectivity index (χ4n) is 2.66. The van der Waals surface area contributed by atoms with E-state index < -0.39 is 0 Å². The Morgan fingerprint density at radius 2 is 1.63 bits per heavy atom. The molecule has 2 amide bonds. The number of phenols is 1. The van der Waals surface area contributed by atoms with E-state index in [1.54, 1.807) is 18.2 Å². The van der Waals surface area contributed by atoms with Crippen molar-refractivity contribution in [2.45, 2.75) is 26.7 Å². The lowest BCUT2D eigenvalue weighted by molar-refractivity contribution is -0.121. The topological polar surface area (TPSA) is 87.7 Å². The summed E-state index contributed by atoms with van der Waals surface area (Å²) in [6.45, 7) is 5.09. The molecule has 144 valence electrons. The largest absolute Gasteiger partial charge is 0.507 e. The average Bonchev–Trinajstić information content (AvgIpc) is 2.64. The second-order valence-corrected chi connectivity index (χ2v) is 6.30.